The molecule has 5 heteroatoms. The van der Waals surface area contributed by atoms with E-state index in [0.717, 1.165) is 0 Å². The van der Waals surface area contributed by atoms with E-state index >= 15 is 0 Å². The molecular weight excluding hydrogens is 239 g/mol. The third kappa shape index (κ3) is 5.14. The number of aliphatic hydroxyl groups is 1. The van der Waals surface area contributed by atoms with Crippen LogP contribution in [0.5, 0.6) is 5.75 Å². The van der Waals surface area contributed by atoms with Crippen LogP contribution in [0.1, 0.15) is 19.8 Å². The van der Waals surface area contributed by atoms with Crippen molar-refractivity contribution in [1.29, 1.82) is 0 Å². The van der Waals surface area contributed by atoms with E-state index in [2.05, 4.69) is 0 Å². The fourth-order valence-electron chi connectivity index (χ4n) is 1.37. The lowest BCUT2D eigenvalue weighted by Gasteiger charge is -2.13. The van der Waals surface area contributed by atoms with Crippen molar-refractivity contribution in [3.05, 3.63) is 30.1 Å². The number of ether oxygens (including phenoxy) is 1. The van der Waals surface area contributed by atoms with Crippen LogP contribution < -0.4 is 4.74 Å². The summed E-state index contributed by atoms with van der Waals surface area (Å²) in [4.78, 5) is 10.6. The van der Waals surface area contributed by atoms with Gasteiger partial charge in [0.15, 0.2) is 0 Å². The predicted molar refractivity (Wildman–Crippen MR) is 63.9 cm³/mol. The molecule has 0 amide bonds. The van der Waals surface area contributed by atoms with Gasteiger partial charge in [0.1, 0.15) is 18.2 Å². The molecule has 2 atom stereocenters. The molecule has 100 valence electrons. The Morgan fingerprint density at radius 1 is 1.33 bits per heavy atom. The van der Waals surface area contributed by atoms with Crippen LogP contribution in [0.3, 0.4) is 0 Å². The zero-order chi connectivity index (χ0) is 13.5. The van der Waals surface area contributed by atoms with Gasteiger partial charge in [0.2, 0.25) is 0 Å². The monoisotopic (exact) mass is 256 g/mol. The molecule has 0 aliphatic carbocycles. The molecule has 1 aromatic carbocycles. The van der Waals surface area contributed by atoms with Crippen LogP contribution in [0.4, 0.5) is 4.39 Å². The molecular formula is C13H17FO4. The minimum absolute atomic E-state index is 0.0674. The summed E-state index contributed by atoms with van der Waals surface area (Å²) >= 11 is 0. The molecule has 1 unspecified atom stereocenters. The van der Waals surface area contributed by atoms with Gasteiger partial charge in [-0.25, -0.2) is 4.39 Å². The zero-order valence-corrected chi connectivity index (χ0v) is 10.2. The van der Waals surface area contributed by atoms with Gasteiger partial charge in [0, 0.05) is 0 Å². The van der Waals surface area contributed by atoms with Crippen molar-refractivity contribution in [2.24, 2.45) is 5.92 Å². The lowest BCUT2D eigenvalue weighted by atomic mass is 10.0. The average Bonchev–Trinajstić information content (AvgIpc) is 2.35. The molecule has 1 rings (SSSR count). The number of carbonyl (C=O) groups is 1. The third-order valence-electron chi connectivity index (χ3n) is 2.61. The summed E-state index contributed by atoms with van der Waals surface area (Å²) in [6.07, 6.45) is 0.0228. The molecule has 0 saturated carbocycles. The summed E-state index contributed by atoms with van der Waals surface area (Å²) in [5.74, 6) is -1.23. The summed E-state index contributed by atoms with van der Waals surface area (Å²) in [6.45, 7) is 1.66. The fourth-order valence-corrected chi connectivity index (χ4v) is 1.37. The standard InChI is InChI=1S/C13H17FO4/c1-9(13(16)17)2-5-11(15)8-18-12-6-3-10(14)4-7-12/h3-4,6-7,9,11,15H,2,5,8H2,1H3,(H,16,17)/t9-,11?/m0/s1. The summed E-state index contributed by atoms with van der Waals surface area (Å²) in [7, 11) is 0. The van der Waals surface area contributed by atoms with Crippen molar-refractivity contribution in [3.63, 3.8) is 0 Å². The van der Waals surface area contributed by atoms with E-state index in [1.807, 2.05) is 0 Å². The van der Waals surface area contributed by atoms with Crippen molar-refractivity contribution < 1.29 is 24.1 Å². The van der Waals surface area contributed by atoms with Crippen LogP contribution in [0, 0.1) is 11.7 Å². The van der Waals surface area contributed by atoms with Crippen molar-refractivity contribution in [1.82, 2.24) is 0 Å². The maximum Gasteiger partial charge on any atom is 0.306 e. The third-order valence-corrected chi connectivity index (χ3v) is 2.61. The van der Waals surface area contributed by atoms with E-state index in [1.54, 1.807) is 6.92 Å². The first kappa shape index (κ1) is 14.4. The quantitative estimate of drug-likeness (QED) is 0.783. The van der Waals surface area contributed by atoms with Gasteiger partial charge >= 0.3 is 5.97 Å². The van der Waals surface area contributed by atoms with Gasteiger partial charge in [0.25, 0.3) is 0 Å². The Bertz CT molecular complexity index is 377. The van der Waals surface area contributed by atoms with E-state index in [9.17, 15) is 14.3 Å². The van der Waals surface area contributed by atoms with Crippen molar-refractivity contribution >= 4 is 5.97 Å². The second-order valence-electron chi connectivity index (χ2n) is 4.24. The molecule has 0 spiro atoms. The Kier molecular flexibility index (Phi) is 5.58. The molecule has 2 N–H and O–H groups in total. The van der Waals surface area contributed by atoms with Crippen LogP contribution >= 0.6 is 0 Å². The topological polar surface area (TPSA) is 66.8 Å². The molecule has 0 bridgehead atoms. The van der Waals surface area contributed by atoms with Gasteiger partial charge in [-0.1, -0.05) is 6.92 Å². The Balaban J connectivity index is 2.26. The second kappa shape index (κ2) is 6.96. The molecule has 0 aliphatic heterocycles. The molecule has 1 aromatic rings. The maximum atomic E-state index is 12.6. The minimum atomic E-state index is -0.873. The second-order valence-corrected chi connectivity index (χ2v) is 4.24. The van der Waals surface area contributed by atoms with Crippen LogP contribution in [-0.2, 0) is 4.79 Å². The van der Waals surface area contributed by atoms with Crippen LogP contribution in [0.2, 0.25) is 0 Å². The van der Waals surface area contributed by atoms with Gasteiger partial charge in [-0.2, -0.15) is 0 Å². The first-order chi connectivity index (χ1) is 8.49. The van der Waals surface area contributed by atoms with Crippen molar-refractivity contribution in [3.8, 4) is 5.75 Å². The van der Waals surface area contributed by atoms with Crippen LogP contribution in [0.25, 0.3) is 0 Å². The van der Waals surface area contributed by atoms with E-state index in [1.165, 1.54) is 24.3 Å². The molecule has 0 saturated heterocycles. The van der Waals surface area contributed by atoms with Gasteiger partial charge in [-0.15, -0.1) is 0 Å². The number of carboxylic acids is 1. The summed E-state index contributed by atoms with van der Waals surface area (Å²) < 4.78 is 17.9. The van der Waals surface area contributed by atoms with Crippen LogP contribution in [-0.4, -0.2) is 28.9 Å². The molecule has 4 nitrogen and oxygen atoms in total. The van der Waals surface area contributed by atoms with Gasteiger partial charge in [0.05, 0.1) is 12.0 Å². The predicted octanol–water partition coefficient (Wildman–Crippen LogP) is 2.07. The van der Waals surface area contributed by atoms with Gasteiger partial charge in [-0.05, 0) is 37.1 Å². The average molecular weight is 256 g/mol. The first-order valence-electron chi connectivity index (χ1n) is 5.78. The first-order valence-corrected chi connectivity index (χ1v) is 5.78. The lowest BCUT2D eigenvalue weighted by molar-refractivity contribution is -0.141. The highest BCUT2D eigenvalue weighted by molar-refractivity contribution is 5.69. The highest BCUT2D eigenvalue weighted by Gasteiger charge is 2.13. The number of carboxylic acid groups (broad SMARTS) is 1. The highest BCUT2D eigenvalue weighted by Crippen LogP contribution is 2.13. The zero-order valence-electron chi connectivity index (χ0n) is 10.2. The molecule has 0 aromatic heterocycles. The molecule has 0 radical (unpaired) electrons. The Hall–Kier alpha value is -1.62. The lowest BCUT2D eigenvalue weighted by Crippen LogP contribution is -2.20. The Labute approximate surface area is 105 Å². The number of halogens is 1. The molecule has 18 heavy (non-hydrogen) atoms. The van der Waals surface area contributed by atoms with Crippen LogP contribution in [0.15, 0.2) is 24.3 Å². The molecule has 0 aliphatic rings. The van der Waals surface area contributed by atoms with Crippen molar-refractivity contribution in [2.75, 3.05) is 6.61 Å². The van der Waals surface area contributed by atoms with Crippen molar-refractivity contribution in [2.45, 2.75) is 25.9 Å². The number of rotatable bonds is 7. The summed E-state index contributed by atoms with van der Waals surface area (Å²) in [5, 5.41) is 18.3. The largest absolute Gasteiger partial charge is 0.491 e. The van der Waals surface area contributed by atoms with Gasteiger partial charge in [-0.3, -0.25) is 4.79 Å². The molecule has 0 fully saturated rings. The number of aliphatic hydroxyl groups excluding tert-OH is 1. The normalized spacial score (nSPS) is 13.9. The minimum Gasteiger partial charge on any atom is -0.491 e. The molecule has 0 heterocycles. The SMILES string of the molecule is C[C@@H](CCC(O)COc1ccc(F)cc1)C(=O)O. The Morgan fingerprint density at radius 2 is 1.94 bits per heavy atom. The Morgan fingerprint density at radius 3 is 2.50 bits per heavy atom. The number of aliphatic carboxylic acids is 1. The van der Waals surface area contributed by atoms with Gasteiger partial charge < -0.3 is 14.9 Å². The summed E-state index contributed by atoms with van der Waals surface area (Å²) in [5.41, 5.74) is 0. The smallest absolute Gasteiger partial charge is 0.306 e. The van der Waals surface area contributed by atoms with E-state index in [4.69, 9.17) is 9.84 Å². The highest BCUT2D eigenvalue weighted by atomic mass is 19.1. The number of hydrogen-bond acceptors (Lipinski definition) is 3. The van der Waals surface area contributed by atoms with E-state index in [0.29, 0.717) is 18.6 Å². The maximum absolute atomic E-state index is 12.6. The fraction of sp³-hybridized carbons (Fsp3) is 0.462. The number of hydrogen-bond donors (Lipinski definition) is 2. The van der Waals surface area contributed by atoms with E-state index < -0.39 is 18.0 Å². The van der Waals surface area contributed by atoms with E-state index in [-0.39, 0.29) is 12.4 Å². The number of benzene rings is 1. The summed E-state index contributed by atoms with van der Waals surface area (Å²) in [6, 6.07) is 5.49.